The van der Waals surface area contributed by atoms with E-state index in [9.17, 15) is 0 Å². The van der Waals surface area contributed by atoms with Crippen molar-refractivity contribution in [3.8, 4) is 11.8 Å². The molecule has 0 spiro atoms. The number of benzene rings is 1. The van der Waals surface area contributed by atoms with Crippen LogP contribution >= 0.6 is 11.6 Å². The van der Waals surface area contributed by atoms with Crippen molar-refractivity contribution >= 4 is 11.6 Å². The monoisotopic (exact) mass is 265 g/mol. The number of para-hydroxylation sites is 1. The summed E-state index contributed by atoms with van der Waals surface area (Å²) < 4.78 is 5.80. The highest BCUT2D eigenvalue weighted by molar-refractivity contribution is 6.17. The molecular weight excluding hydrogens is 246 g/mol. The first-order valence-corrected chi connectivity index (χ1v) is 6.72. The van der Waals surface area contributed by atoms with Crippen LogP contribution in [0.4, 0.5) is 0 Å². The van der Waals surface area contributed by atoms with Crippen molar-refractivity contribution in [3.63, 3.8) is 0 Å². The van der Waals surface area contributed by atoms with Gasteiger partial charge in [0.25, 0.3) is 0 Å². The lowest BCUT2D eigenvalue weighted by Crippen LogP contribution is -2.10. The Bertz CT molecular complexity index is 435. The van der Waals surface area contributed by atoms with Gasteiger partial charge in [-0.3, -0.25) is 0 Å². The maximum atomic E-state index is 8.93. The molecule has 1 aromatic rings. The van der Waals surface area contributed by atoms with Gasteiger partial charge in [-0.1, -0.05) is 18.2 Å². The predicted molar refractivity (Wildman–Crippen MR) is 74.9 cm³/mol. The first-order chi connectivity index (χ1) is 8.50. The van der Waals surface area contributed by atoms with E-state index in [4.69, 9.17) is 21.6 Å². The zero-order chi connectivity index (χ0) is 13.6. The number of hydrogen-bond donors (Lipinski definition) is 0. The van der Waals surface area contributed by atoms with E-state index in [0.29, 0.717) is 12.5 Å². The number of alkyl halides is 1. The topological polar surface area (TPSA) is 33.0 Å². The highest BCUT2D eigenvalue weighted by atomic mass is 35.5. The molecule has 0 fully saturated rings. The van der Waals surface area contributed by atoms with Crippen LogP contribution in [0.5, 0.6) is 5.75 Å². The van der Waals surface area contributed by atoms with Crippen LogP contribution in [0.2, 0.25) is 0 Å². The van der Waals surface area contributed by atoms with Gasteiger partial charge in [-0.2, -0.15) is 5.26 Å². The normalized spacial score (nSPS) is 11.1. The van der Waals surface area contributed by atoms with Gasteiger partial charge in [0.15, 0.2) is 0 Å². The van der Waals surface area contributed by atoms with Crippen LogP contribution in [-0.2, 0) is 5.88 Å². The SMILES string of the molecule is Cc1cccc(CCl)c1OCCCC(C)(C)C#N. The third kappa shape index (κ3) is 4.23. The van der Waals surface area contributed by atoms with Crippen LogP contribution in [0.3, 0.4) is 0 Å². The minimum absolute atomic E-state index is 0.273. The van der Waals surface area contributed by atoms with E-state index < -0.39 is 0 Å². The fourth-order valence-electron chi connectivity index (χ4n) is 1.77. The number of hydrogen-bond acceptors (Lipinski definition) is 2. The predicted octanol–water partition coefficient (Wildman–Crippen LogP) is 4.44. The van der Waals surface area contributed by atoms with E-state index >= 15 is 0 Å². The first kappa shape index (κ1) is 14.9. The number of nitriles is 1. The van der Waals surface area contributed by atoms with Crippen molar-refractivity contribution in [3.05, 3.63) is 29.3 Å². The van der Waals surface area contributed by atoms with E-state index in [1.807, 2.05) is 39.0 Å². The van der Waals surface area contributed by atoms with Crippen LogP contribution in [-0.4, -0.2) is 6.61 Å². The second kappa shape index (κ2) is 6.66. The molecule has 0 aromatic heterocycles. The molecule has 0 radical (unpaired) electrons. The van der Waals surface area contributed by atoms with Crippen molar-refractivity contribution in [2.24, 2.45) is 5.41 Å². The van der Waals surface area contributed by atoms with Gasteiger partial charge < -0.3 is 4.74 Å². The quantitative estimate of drug-likeness (QED) is 0.563. The summed E-state index contributed by atoms with van der Waals surface area (Å²) in [6, 6.07) is 8.28. The summed E-state index contributed by atoms with van der Waals surface area (Å²) in [6.07, 6.45) is 1.71. The molecular formula is C15H20ClNO. The smallest absolute Gasteiger partial charge is 0.126 e. The molecule has 98 valence electrons. The summed E-state index contributed by atoms with van der Waals surface area (Å²) in [5, 5.41) is 8.93. The summed E-state index contributed by atoms with van der Waals surface area (Å²) in [5.74, 6) is 1.35. The van der Waals surface area contributed by atoms with Crippen LogP contribution < -0.4 is 4.74 Å². The molecule has 0 bridgehead atoms. The van der Waals surface area contributed by atoms with E-state index in [0.717, 1.165) is 29.7 Å². The minimum Gasteiger partial charge on any atom is -0.493 e. The Morgan fingerprint density at radius 1 is 1.39 bits per heavy atom. The molecule has 18 heavy (non-hydrogen) atoms. The lowest BCUT2D eigenvalue weighted by Gasteiger charge is -2.16. The zero-order valence-corrected chi connectivity index (χ0v) is 12.0. The Morgan fingerprint density at radius 2 is 2.11 bits per heavy atom. The summed E-state index contributed by atoms with van der Waals surface area (Å²) in [7, 11) is 0. The van der Waals surface area contributed by atoms with Gasteiger partial charge in [-0.15, -0.1) is 11.6 Å². The van der Waals surface area contributed by atoms with Gasteiger partial charge in [0.2, 0.25) is 0 Å². The molecule has 3 heteroatoms. The van der Waals surface area contributed by atoms with Crippen molar-refractivity contribution in [2.75, 3.05) is 6.61 Å². The average Bonchev–Trinajstić information content (AvgIpc) is 2.36. The van der Waals surface area contributed by atoms with Crippen molar-refractivity contribution in [2.45, 2.75) is 39.5 Å². The van der Waals surface area contributed by atoms with E-state index in [1.54, 1.807) is 0 Å². The maximum Gasteiger partial charge on any atom is 0.126 e. The number of halogens is 1. The lowest BCUT2D eigenvalue weighted by molar-refractivity contribution is 0.281. The number of nitrogens with zero attached hydrogens (tertiary/aromatic N) is 1. The highest BCUT2D eigenvalue weighted by Gasteiger charge is 2.16. The van der Waals surface area contributed by atoms with Crippen LogP contribution in [0.15, 0.2) is 18.2 Å². The number of aryl methyl sites for hydroxylation is 1. The third-order valence-electron chi connectivity index (χ3n) is 2.93. The van der Waals surface area contributed by atoms with E-state index in [2.05, 4.69) is 6.07 Å². The van der Waals surface area contributed by atoms with Gasteiger partial charge in [0.1, 0.15) is 5.75 Å². The average molecular weight is 266 g/mol. The number of ether oxygens (including phenoxy) is 1. The highest BCUT2D eigenvalue weighted by Crippen LogP contribution is 2.26. The minimum atomic E-state index is -0.273. The Balaban J connectivity index is 2.52. The van der Waals surface area contributed by atoms with Gasteiger partial charge in [0, 0.05) is 5.56 Å². The second-order valence-corrected chi connectivity index (χ2v) is 5.41. The molecule has 0 aliphatic carbocycles. The van der Waals surface area contributed by atoms with Gasteiger partial charge >= 0.3 is 0 Å². The fourth-order valence-corrected chi connectivity index (χ4v) is 1.98. The Kier molecular flexibility index (Phi) is 5.50. The molecule has 1 aromatic carbocycles. The van der Waals surface area contributed by atoms with Gasteiger partial charge in [-0.25, -0.2) is 0 Å². The second-order valence-electron chi connectivity index (χ2n) is 5.14. The van der Waals surface area contributed by atoms with E-state index in [-0.39, 0.29) is 5.41 Å². The maximum absolute atomic E-state index is 8.93. The molecule has 0 atom stereocenters. The molecule has 1 rings (SSSR count). The first-order valence-electron chi connectivity index (χ1n) is 6.18. The zero-order valence-electron chi connectivity index (χ0n) is 11.3. The van der Waals surface area contributed by atoms with Crippen molar-refractivity contribution in [1.29, 1.82) is 5.26 Å². The Morgan fingerprint density at radius 3 is 2.72 bits per heavy atom. The molecule has 2 nitrogen and oxygen atoms in total. The summed E-state index contributed by atoms with van der Waals surface area (Å²) in [6.45, 7) is 6.54. The van der Waals surface area contributed by atoms with Crippen molar-refractivity contribution < 1.29 is 4.74 Å². The molecule has 0 N–H and O–H groups in total. The molecule has 0 heterocycles. The standard InChI is InChI=1S/C15H20ClNO/c1-12-6-4-7-13(10-16)14(12)18-9-5-8-15(2,3)11-17/h4,6-7H,5,8-10H2,1-3H3. The summed E-state index contributed by atoms with van der Waals surface area (Å²) >= 11 is 5.89. The van der Waals surface area contributed by atoms with Crippen molar-refractivity contribution in [1.82, 2.24) is 0 Å². The lowest BCUT2D eigenvalue weighted by atomic mass is 9.90. The molecule has 0 aliphatic rings. The van der Waals surface area contributed by atoms with Gasteiger partial charge in [0.05, 0.1) is 24.0 Å². The van der Waals surface area contributed by atoms with Crippen LogP contribution in [0.1, 0.15) is 37.8 Å². The molecule has 0 saturated carbocycles. The van der Waals surface area contributed by atoms with Crippen LogP contribution in [0, 0.1) is 23.7 Å². The van der Waals surface area contributed by atoms with E-state index in [1.165, 1.54) is 0 Å². The van der Waals surface area contributed by atoms with Gasteiger partial charge in [-0.05, 0) is 39.2 Å². The Hall–Kier alpha value is -1.20. The molecule has 0 saturated heterocycles. The largest absolute Gasteiger partial charge is 0.493 e. The molecule has 0 aliphatic heterocycles. The Labute approximate surface area is 115 Å². The summed E-state index contributed by atoms with van der Waals surface area (Å²) in [5.41, 5.74) is 1.86. The fraction of sp³-hybridized carbons (Fsp3) is 0.533. The third-order valence-corrected chi connectivity index (χ3v) is 3.22. The van der Waals surface area contributed by atoms with Crippen LogP contribution in [0.25, 0.3) is 0 Å². The molecule has 0 unspecified atom stereocenters. The number of rotatable bonds is 6. The molecule has 0 amide bonds. The summed E-state index contributed by atoms with van der Waals surface area (Å²) in [4.78, 5) is 0.